The number of carbonyl (C=O) groups excluding carboxylic acids is 1. The maximum atomic E-state index is 12.5. The monoisotopic (exact) mass is 410 g/mol. The fourth-order valence-corrected chi connectivity index (χ4v) is 4.77. The highest BCUT2D eigenvalue weighted by Gasteiger charge is 2.15. The molecule has 27 heavy (non-hydrogen) atoms. The highest BCUT2D eigenvalue weighted by molar-refractivity contribution is 8.00. The number of carbonyl (C=O) groups is 1. The van der Waals surface area contributed by atoms with Gasteiger partial charge in [-0.2, -0.15) is 0 Å². The summed E-state index contributed by atoms with van der Waals surface area (Å²) >= 11 is 8.94. The highest BCUT2D eigenvalue weighted by atomic mass is 35.5. The number of thiophene rings is 1. The molecule has 0 bridgehead atoms. The number of nitrogens with zero attached hydrogens (tertiary/aromatic N) is 2. The molecule has 2 aromatic heterocycles. The second kappa shape index (κ2) is 7.80. The van der Waals surface area contributed by atoms with Gasteiger partial charge in [0.1, 0.15) is 16.2 Å². The molecule has 0 aliphatic heterocycles. The first-order valence-electron chi connectivity index (χ1n) is 8.32. The van der Waals surface area contributed by atoms with Crippen LogP contribution < -0.4 is 0 Å². The molecule has 4 aromatic rings. The van der Waals surface area contributed by atoms with E-state index in [2.05, 4.69) is 46.5 Å². The molecule has 0 saturated heterocycles. The van der Waals surface area contributed by atoms with E-state index in [4.69, 9.17) is 11.6 Å². The Labute approximate surface area is 170 Å². The molecule has 0 radical (unpaired) electrons. The van der Waals surface area contributed by atoms with E-state index in [-0.39, 0.29) is 5.78 Å². The van der Waals surface area contributed by atoms with Crippen LogP contribution in [0.2, 0.25) is 5.02 Å². The fourth-order valence-electron chi connectivity index (χ4n) is 2.76. The third kappa shape index (κ3) is 3.90. The average molecular weight is 411 g/mol. The highest BCUT2D eigenvalue weighted by Crippen LogP contribution is 2.38. The van der Waals surface area contributed by atoms with Gasteiger partial charge < -0.3 is 0 Å². The molecule has 0 N–H and O–H groups in total. The van der Waals surface area contributed by atoms with E-state index >= 15 is 0 Å². The van der Waals surface area contributed by atoms with Crippen molar-refractivity contribution in [3.05, 3.63) is 76.4 Å². The number of hydrogen-bond acceptors (Lipinski definition) is 5. The number of thioether (sulfide) groups is 1. The Hall–Kier alpha value is -2.21. The second-order valence-electron chi connectivity index (χ2n) is 6.09. The Balaban J connectivity index is 1.64. The lowest BCUT2D eigenvalue weighted by Crippen LogP contribution is -2.02. The predicted molar refractivity (Wildman–Crippen MR) is 114 cm³/mol. The largest absolute Gasteiger partial charge is 0.293 e. The van der Waals surface area contributed by atoms with Gasteiger partial charge in [0.15, 0.2) is 5.78 Å². The van der Waals surface area contributed by atoms with E-state index in [1.54, 1.807) is 41.9 Å². The van der Waals surface area contributed by atoms with Crippen molar-refractivity contribution in [2.24, 2.45) is 0 Å². The van der Waals surface area contributed by atoms with E-state index in [1.165, 1.54) is 17.3 Å². The third-order valence-electron chi connectivity index (χ3n) is 4.20. The molecule has 0 aliphatic carbocycles. The molecule has 0 unspecified atom stereocenters. The van der Waals surface area contributed by atoms with Crippen molar-refractivity contribution in [1.29, 1.82) is 0 Å². The first-order chi connectivity index (χ1) is 13.1. The van der Waals surface area contributed by atoms with Crippen LogP contribution in [0.4, 0.5) is 0 Å². The standard InChI is InChI=1S/C21H15ClN2OS2/c1-13-2-4-14(5-3-13)17-10-26-20-19(17)21(24-12-23-20)27-11-18(25)15-6-8-16(22)9-7-15/h2-10,12H,11H2,1H3. The summed E-state index contributed by atoms with van der Waals surface area (Å²) in [5, 5.41) is 4.58. The van der Waals surface area contributed by atoms with Crippen LogP contribution in [-0.4, -0.2) is 21.5 Å². The van der Waals surface area contributed by atoms with Crippen molar-refractivity contribution in [1.82, 2.24) is 9.97 Å². The zero-order valence-corrected chi connectivity index (χ0v) is 16.9. The second-order valence-corrected chi connectivity index (χ2v) is 8.35. The number of benzene rings is 2. The van der Waals surface area contributed by atoms with Crippen molar-refractivity contribution >= 4 is 50.7 Å². The minimum Gasteiger partial charge on any atom is -0.293 e. The van der Waals surface area contributed by atoms with Crippen LogP contribution in [-0.2, 0) is 0 Å². The summed E-state index contributed by atoms with van der Waals surface area (Å²) in [6, 6.07) is 15.4. The molecular weight excluding hydrogens is 396 g/mol. The van der Waals surface area contributed by atoms with E-state index in [1.807, 2.05) is 0 Å². The summed E-state index contributed by atoms with van der Waals surface area (Å²) in [6.07, 6.45) is 1.56. The van der Waals surface area contributed by atoms with Gasteiger partial charge in [0.2, 0.25) is 0 Å². The zero-order valence-electron chi connectivity index (χ0n) is 14.5. The van der Waals surface area contributed by atoms with Crippen LogP contribution in [0.25, 0.3) is 21.3 Å². The Morgan fingerprint density at radius 2 is 1.81 bits per heavy atom. The van der Waals surface area contributed by atoms with Gasteiger partial charge in [-0.15, -0.1) is 11.3 Å². The van der Waals surface area contributed by atoms with Gasteiger partial charge in [0, 0.05) is 21.5 Å². The average Bonchev–Trinajstić information content (AvgIpc) is 3.12. The smallest absolute Gasteiger partial charge is 0.173 e. The molecule has 6 heteroatoms. The number of Topliss-reactive ketones (excluding diaryl/α,β-unsaturated/α-hetero) is 1. The number of aryl methyl sites for hydroxylation is 1. The molecule has 0 atom stereocenters. The Bertz CT molecular complexity index is 1110. The quantitative estimate of drug-likeness (QED) is 0.220. The molecule has 0 saturated carbocycles. The maximum Gasteiger partial charge on any atom is 0.173 e. The number of aromatic nitrogens is 2. The lowest BCUT2D eigenvalue weighted by Gasteiger charge is -2.06. The fraction of sp³-hybridized carbons (Fsp3) is 0.0952. The van der Waals surface area contributed by atoms with Gasteiger partial charge in [0.05, 0.1) is 11.1 Å². The third-order valence-corrected chi connectivity index (χ3v) is 6.33. The zero-order chi connectivity index (χ0) is 18.8. The molecule has 4 rings (SSSR count). The van der Waals surface area contributed by atoms with Gasteiger partial charge in [-0.3, -0.25) is 4.79 Å². The van der Waals surface area contributed by atoms with Crippen molar-refractivity contribution < 1.29 is 4.79 Å². The van der Waals surface area contributed by atoms with E-state index < -0.39 is 0 Å². The number of hydrogen-bond donors (Lipinski definition) is 0. The van der Waals surface area contributed by atoms with Crippen LogP contribution in [0, 0.1) is 6.92 Å². The minimum absolute atomic E-state index is 0.0514. The van der Waals surface area contributed by atoms with Gasteiger partial charge in [-0.1, -0.05) is 53.2 Å². The number of rotatable bonds is 5. The normalized spacial score (nSPS) is 11.0. The molecule has 0 fully saturated rings. The van der Waals surface area contributed by atoms with Crippen LogP contribution in [0.1, 0.15) is 15.9 Å². The van der Waals surface area contributed by atoms with Crippen LogP contribution in [0.15, 0.2) is 65.3 Å². The number of ketones is 1. The molecule has 0 amide bonds. The topological polar surface area (TPSA) is 42.9 Å². The van der Waals surface area contributed by atoms with Crippen molar-refractivity contribution in [3.63, 3.8) is 0 Å². The predicted octanol–water partition coefficient (Wildman–Crippen LogP) is 6.30. The van der Waals surface area contributed by atoms with Gasteiger partial charge in [-0.05, 0) is 36.8 Å². The Kier molecular flexibility index (Phi) is 5.25. The van der Waals surface area contributed by atoms with Crippen molar-refractivity contribution in [3.8, 4) is 11.1 Å². The molecule has 3 nitrogen and oxygen atoms in total. The summed E-state index contributed by atoms with van der Waals surface area (Å²) in [6.45, 7) is 2.07. The SMILES string of the molecule is Cc1ccc(-c2csc3ncnc(SCC(=O)c4ccc(Cl)cc4)c23)cc1. The van der Waals surface area contributed by atoms with Crippen LogP contribution >= 0.6 is 34.7 Å². The molecule has 2 heterocycles. The molecule has 134 valence electrons. The Morgan fingerprint density at radius 1 is 1.07 bits per heavy atom. The first kappa shape index (κ1) is 18.2. The maximum absolute atomic E-state index is 12.5. The summed E-state index contributed by atoms with van der Waals surface area (Å²) in [5.74, 6) is 0.368. The van der Waals surface area contributed by atoms with E-state index in [0.717, 1.165) is 26.4 Å². The summed E-state index contributed by atoms with van der Waals surface area (Å²) in [4.78, 5) is 22.3. The van der Waals surface area contributed by atoms with Crippen LogP contribution in [0.5, 0.6) is 0 Å². The molecule has 2 aromatic carbocycles. The van der Waals surface area contributed by atoms with Gasteiger partial charge >= 0.3 is 0 Å². The first-order valence-corrected chi connectivity index (χ1v) is 10.6. The molecule has 0 spiro atoms. The van der Waals surface area contributed by atoms with E-state index in [0.29, 0.717) is 16.3 Å². The minimum atomic E-state index is 0.0514. The van der Waals surface area contributed by atoms with Crippen molar-refractivity contribution in [2.75, 3.05) is 5.75 Å². The van der Waals surface area contributed by atoms with Gasteiger partial charge in [0.25, 0.3) is 0 Å². The van der Waals surface area contributed by atoms with Gasteiger partial charge in [-0.25, -0.2) is 9.97 Å². The summed E-state index contributed by atoms with van der Waals surface area (Å²) in [5.41, 5.74) is 4.11. The number of fused-ring (bicyclic) bond motifs is 1. The summed E-state index contributed by atoms with van der Waals surface area (Å²) in [7, 11) is 0. The lowest BCUT2D eigenvalue weighted by molar-refractivity contribution is 0.102. The molecular formula is C21H15ClN2OS2. The lowest BCUT2D eigenvalue weighted by atomic mass is 10.1. The van der Waals surface area contributed by atoms with Crippen LogP contribution in [0.3, 0.4) is 0 Å². The summed E-state index contributed by atoms with van der Waals surface area (Å²) < 4.78 is 0. The molecule has 0 aliphatic rings. The Morgan fingerprint density at radius 3 is 2.56 bits per heavy atom. The van der Waals surface area contributed by atoms with E-state index in [9.17, 15) is 4.79 Å². The number of halogens is 1. The van der Waals surface area contributed by atoms with Crippen molar-refractivity contribution in [2.45, 2.75) is 11.9 Å².